The summed E-state index contributed by atoms with van der Waals surface area (Å²) in [5.74, 6) is 0.925. The zero-order valence-corrected chi connectivity index (χ0v) is 20.8. The fourth-order valence-electron chi connectivity index (χ4n) is 4.13. The highest BCUT2D eigenvalue weighted by molar-refractivity contribution is 7.17. The first kappa shape index (κ1) is 24.1. The second kappa shape index (κ2) is 11.0. The smallest absolute Gasteiger partial charge is 0.254 e. The molecule has 2 aromatic heterocycles. The number of thiophene rings is 1. The molecule has 1 aliphatic rings. The molecule has 0 saturated carbocycles. The van der Waals surface area contributed by atoms with Gasteiger partial charge >= 0.3 is 0 Å². The first-order chi connectivity index (χ1) is 17.6. The Morgan fingerprint density at radius 2 is 1.81 bits per heavy atom. The zero-order chi connectivity index (χ0) is 24.9. The minimum Gasteiger partial charge on any atom is -0.493 e. The highest BCUT2D eigenvalue weighted by Gasteiger charge is 2.20. The van der Waals surface area contributed by atoms with E-state index in [1.165, 1.54) is 29.8 Å². The summed E-state index contributed by atoms with van der Waals surface area (Å²) in [5.41, 5.74) is 2.45. The Hall–Kier alpha value is -3.56. The number of aromatic nitrogens is 2. The maximum absolute atomic E-state index is 13.4. The van der Waals surface area contributed by atoms with E-state index in [9.17, 15) is 9.18 Å². The Kier molecular flexibility index (Phi) is 7.39. The number of piperazine rings is 1. The number of amides is 1. The van der Waals surface area contributed by atoms with Crippen LogP contribution in [0.15, 0.2) is 60.2 Å². The fourth-order valence-corrected chi connectivity index (χ4v) is 5.03. The summed E-state index contributed by atoms with van der Waals surface area (Å²) < 4.78 is 25.2. The van der Waals surface area contributed by atoms with Crippen LogP contribution in [0.25, 0.3) is 21.3 Å². The topological polar surface area (TPSA) is 67.8 Å². The summed E-state index contributed by atoms with van der Waals surface area (Å²) in [4.78, 5) is 26.4. The van der Waals surface area contributed by atoms with E-state index in [0.717, 1.165) is 47.5 Å². The molecule has 0 aliphatic carbocycles. The van der Waals surface area contributed by atoms with Gasteiger partial charge < -0.3 is 19.3 Å². The minimum absolute atomic E-state index is 0.0392. The largest absolute Gasteiger partial charge is 0.493 e. The summed E-state index contributed by atoms with van der Waals surface area (Å²) in [6, 6.07) is 13.7. The van der Waals surface area contributed by atoms with Crippen LogP contribution in [0.5, 0.6) is 11.6 Å². The molecule has 2 aromatic carbocycles. The van der Waals surface area contributed by atoms with Crippen molar-refractivity contribution >= 4 is 27.5 Å². The van der Waals surface area contributed by atoms with Gasteiger partial charge in [0.25, 0.3) is 5.91 Å². The van der Waals surface area contributed by atoms with Gasteiger partial charge in [0.15, 0.2) is 0 Å². The van der Waals surface area contributed by atoms with Gasteiger partial charge in [-0.05, 0) is 42.9 Å². The van der Waals surface area contributed by atoms with Crippen LogP contribution in [0.4, 0.5) is 4.39 Å². The van der Waals surface area contributed by atoms with E-state index in [4.69, 9.17) is 9.47 Å². The first-order valence-electron chi connectivity index (χ1n) is 11.9. The number of fused-ring (bicyclic) bond motifs is 1. The fraction of sp³-hybridized carbons (Fsp3) is 0.296. The Bertz CT molecular complexity index is 1340. The summed E-state index contributed by atoms with van der Waals surface area (Å²) in [7, 11) is 2.07. The molecule has 4 aromatic rings. The molecule has 0 unspecified atom stereocenters. The van der Waals surface area contributed by atoms with Crippen molar-refractivity contribution in [1.82, 2.24) is 19.8 Å². The molecule has 7 nitrogen and oxygen atoms in total. The molecule has 3 heterocycles. The molecule has 0 bridgehead atoms. The first-order valence-corrected chi connectivity index (χ1v) is 12.8. The van der Waals surface area contributed by atoms with Crippen LogP contribution in [-0.4, -0.2) is 72.1 Å². The molecule has 1 amide bonds. The van der Waals surface area contributed by atoms with Gasteiger partial charge in [0, 0.05) is 49.1 Å². The minimum atomic E-state index is -0.278. The maximum atomic E-state index is 13.4. The Balaban J connectivity index is 1.17. The van der Waals surface area contributed by atoms with E-state index < -0.39 is 0 Å². The number of hydrogen-bond acceptors (Lipinski definition) is 7. The second-order valence-electron chi connectivity index (χ2n) is 8.69. The van der Waals surface area contributed by atoms with Gasteiger partial charge in [-0.3, -0.25) is 4.79 Å². The van der Waals surface area contributed by atoms with Crippen LogP contribution in [-0.2, 0) is 0 Å². The van der Waals surface area contributed by atoms with E-state index in [1.54, 1.807) is 18.2 Å². The molecule has 5 rings (SSSR count). The standard InChI is InChI=1S/C27H27FN4O3S/c1-31-10-12-32(13-11-31)27(33)20-4-2-5-22(16-20)34-14-3-15-35-25-24-23(17-36-26(24)30-18-29-25)19-6-8-21(28)9-7-19/h2,4-9,16-18H,3,10-15H2,1H3. The molecular weight excluding hydrogens is 479 g/mol. The van der Waals surface area contributed by atoms with Crippen molar-refractivity contribution in [3.05, 3.63) is 71.6 Å². The highest BCUT2D eigenvalue weighted by Crippen LogP contribution is 2.37. The number of rotatable bonds is 8. The SMILES string of the molecule is CN1CCN(C(=O)c2cccc(OCCCOc3ncnc4scc(-c5ccc(F)cc5)c34)c2)CC1. The summed E-state index contributed by atoms with van der Waals surface area (Å²) in [6.07, 6.45) is 2.13. The van der Waals surface area contributed by atoms with Gasteiger partial charge in [-0.25, -0.2) is 14.4 Å². The lowest BCUT2D eigenvalue weighted by Crippen LogP contribution is -2.47. The molecule has 1 aliphatic heterocycles. The third-order valence-corrected chi connectivity index (χ3v) is 7.04. The lowest BCUT2D eigenvalue weighted by atomic mass is 10.1. The summed E-state index contributed by atoms with van der Waals surface area (Å²) in [5, 5.41) is 2.81. The summed E-state index contributed by atoms with van der Waals surface area (Å²) >= 11 is 1.50. The number of nitrogens with zero attached hydrogens (tertiary/aromatic N) is 4. The van der Waals surface area contributed by atoms with Crippen molar-refractivity contribution in [2.45, 2.75) is 6.42 Å². The number of ether oxygens (including phenoxy) is 2. The van der Waals surface area contributed by atoms with Crippen molar-refractivity contribution in [2.75, 3.05) is 46.4 Å². The lowest BCUT2D eigenvalue weighted by molar-refractivity contribution is 0.0663. The number of halogens is 1. The van der Waals surface area contributed by atoms with Crippen LogP contribution in [0.1, 0.15) is 16.8 Å². The predicted molar refractivity (Wildman–Crippen MR) is 138 cm³/mol. The van der Waals surface area contributed by atoms with Crippen LogP contribution < -0.4 is 9.47 Å². The summed E-state index contributed by atoms with van der Waals surface area (Å²) in [6.45, 7) is 4.09. The average Bonchev–Trinajstić information content (AvgIpc) is 3.34. The molecule has 0 spiro atoms. The molecule has 9 heteroatoms. The van der Waals surface area contributed by atoms with Crippen LogP contribution in [0, 0.1) is 5.82 Å². The van der Waals surface area contributed by atoms with Gasteiger partial charge in [0.2, 0.25) is 5.88 Å². The normalized spacial score (nSPS) is 14.2. The quantitative estimate of drug-likeness (QED) is 0.322. The lowest BCUT2D eigenvalue weighted by Gasteiger charge is -2.32. The Labute approximate surface area is 213 Å². The number of carbonyl (C=O) groups excluding carboxylic acids is 1. The number of carbonyl (C=O) groups is 1. The van der Waals surface area contributed by atoms with Gasteiger partial charge in [-0.2, -0.15) is 0 Å². The molecule has 0 atom stereocenters. The van der Waals surface area contributed by atoms with Gasteiger partial charge in [0.1, 0.15) is 22.7 Å². The second-order valence-corrected chi connectivity index (χ2v) is 9.55. The van der Waals surface area contributed by atoms with Crippen molar-refractivity contribution in [3.63, 3.8) is 0 Å². The number of hydrogen-bond donors (Lipinski definition) is 0. The molecule has 1 fully saturated rings. The van der Waals surface area contributed by atoms with Gasteiger partial charge in [0.05, 0.1) is 18.6 Å². The van der Waals surface area contributed by atoms with E-state index in [2.05, 4.69) is 21.9 Å². The average molecular weight is 507 g/mol. The highest BCUT2D eigenvalue weighted by atomic mass is 32.1. The molecular formula is C27H27FN4O3S. The van der Waals surface area contributed by atoms with Crippen LogP contribution in [0.2, 0.25) is 0 Å². The third kappa shape index (κ3) is 5.47. The molecule has 186 valence electrons. The zero-order valence-electron chi connectivity index (χ0n) is 20.0. The molecule has 0 radical (unpaired) electrons. The van der Waals surface area contributed by atoms with E-state index >= 15 is 0 Å². The molecule has 1 saturated heterocycles. The van der Waals surface area contributed by atoms with Crippen LogP contribution >= 0.6 is 11.3 Å². The maximum Gasteiger partial charge on any atom is 0.254 e. The van der Waals surface area contributed by atoms with Crippen molar-refractivity contribution in [1.29, 1.82) is 0 Å². The molecule has 36 heavy (non-hydrogen) atoms. The Morgan fingerprint density at radius 3 is 2.61 bits per heavy atom. The van der Waals surface area contributed by atoms with Gasteiger partial charge in [-0.1, -0.05) is 18.2 Å². The van der Waals surface area contributed by atoms with E-state index in [-0.39, 0.29) is 11.7 Å². The number of benzene rings is 2. The predicted octanol–water partition coefficient (Wildman–Crippen LogP) is 4.73. The van der Waals surface area contributed by atoms with Crippen molar-refractivity contribution in [3.8, 4) is 22.8 Å². The van der Waals surface area contributed by atoms with E-state index in [0.29, 0.717) is 36.8 Å². The van der Waals surface area contributed by atoms with Crippen LogP contribution in [0.3, 0.4) is 0 Å². The molecule has 0 N–H and O–H groups in total. The monoisotopic (exact) mass is 506 g/mol. The van der Waals surface area contributed by atoms with E-state index in [1.807, 2.05) is 28.5 Å². The van der Waals surface area contributed by atoms with Gasteiger partial charge in [-0.15, -0.1) is 11.3 Å². The number of likely N-dealkylation sites (N-methyl/N-ethyl adjacent to an activating group) is 1. The van der Waals surface area contributed by atoms with Crippen molar-refractivity contribution < 1.29 is 18.7 Å². The Morgan fingerprint density at radius 1 is 1.03 bits per heavy atom. The van der Waals surface area contributed by atoms with Crippen molar-refractivity contribution in [2.24, 2.45) is 0 Å². The third-order valence-electron chi connectivity index (χ3n) is 6.16.